The Labute approximate surface area is 145 Å². The maximum Gasteiger partial charge on any atom is 0.223 e. The van der Waals surface area contributed by atoms with E-state index >= 15 is 0 Å². The molecule has 1 aliphatic rings. The average Bonchev–Trinajstić information content (AvgIpc) is 2.99. The summed E-state index contributed by atoms with van der Waals surface area (Å²) >= 11 is 0. The van der Waals surface area contributed by atoms with Crippen LogP contribution in [0.4, 0.5) is 0 Å². The van der Waals surface area contributed by atoms with Crippen LogP contribution >= 0.6 is 0 Å². The van der Waals surface area contributed by atoms with Gasteiger partial charge in [-0.2, -0.15) is 0 Å². The summed E-state index contributed by atoms with van der Waals surface area (Å²) in [6, 6.07) is 5.78. The lowest BCUT2D eigenvalue weighted by atomic mass is 10.1. The van der Waals surface area contributed by atoms with Gasteiger partial charge in [0.1, 0.15) is 18.5 Å². The Hall–Kier alpha value is -2.51. The Morgan fingerprint density at radius 1 is 1.36 bits per heavy atom. The van der Waals surface area contributed by atoms with Crippen molar-refractivity contribution in [1.82, 2.24) is 20.4 Å². The summed E-state index contributed by atoms with van der Waals surface area (Å²) in [6.07, 6.45) is 1.78. The van der Waals surface area contributed by atoms with Crippen molar-refractivity contribution in [2.24, 2.45) is 0 Å². The highest BCUT2D eigenvalue weighted by molar-refractivity contribution is 5.87. The minimum absolute atomic E-state index is 0.0185. The van der Waals surface area contributed by atoms with E-state index in [1.165, 1.54) is 0 Å². The smallest absolute Gasteiger partial charge is 0.223 e. The molecule has 1 fully saturated rings. The number of aryl methyl sites for hydroxylation is 2. The van der Waals surface area contributed by atoms with Crippen molar-refractivity contribution in [3.8, 4) is 17.1 Å². The Bertz CT molecular complexity index is 868. The van der Waals surface area contributed by atoms with Crippen molar-refractivity contribution in [1.29, 1.82) is 0 Å². The normalized spacial score (nSPS) is 17.8. The molecule has 130 valence electrons. The largest absolute Gasteiger partial charge is 0.474 e. The Balaban J connectivity index is 1.71. The van der Waals surface area contributed by atoms with E-state index in [-0.39, 0.29) is 6.10 Å². The van der Waals surface area contributed by atoms with Gasteiger partial charge in [0.15, 0.2) is 0 Å². The first-order chi connectivity index (χ1) is 12.2. The van der Waals surface area contributed by atoms with Gasteiger partial charge >= 0.3 is 0 Å². The third-order valence-corrected chi connectivity index (χ3v) is 4.26. The highest BCUT2D eigenvalue weighted by Crippen LogP contribution is 2.31. The highest BCUT2D eigenvalue weighted by Gasteiger charge is 2.19. The monoisotopic (exact) mass is 340 g/mol. The molecular formula is C18H20N4O3. The molecule has 0 unspecified atom stereocenters. The van der Waals surface area contributed by atoms with Crippen LogP contribution in [-0.2, 0) is 4.74 Å². The zero-order chi connectivity index (χ0) is 17.2. The summed E-state index contributed by atoms with van der Waals surface area (Å²) in [5, 5.41) is 8.19. The van der Waals surface area contributed by atoms with Gasteiger partial charge in [0.2, 0.25) is 5.88 Å². The minimum atomic E-state index is 0.0185. The van der Waals surface area contributed by atoms with Gasteiger partial charge in [-0.05, 0) is 32.0 Å². The molecule has 1 N–H and O–H groups in total. The second-order valence-corrected chi connectivity index (χ2v) is 6.09. The number of morpholine rings is 1. The van der Waals surface area contributed by atoms with Crippen LogP contribution < -0.4 is 10.1 Å². The lowest BCUT2D eigenvalue weighted by Crippen LogP contribution is -2.41. The molecule has 0 radical (unpaired) electrons. The molecule has 1 aliphatic heterocycles. The maximum absolute atomic E-state index is 6.01. The fourth-order valence-electron chi connectivity index (χ4n) is 3.03. The highest BCUT2D eigenvalue weighted by atomic mass is 16.5. The van der Waals surface area contributed by atoms with E-state index < -0.39 is 0 Å². The standard InChI is InChI=1S/C18H20N4O3/c1-11-17(12(2)25-22-11)16-8-15-14(4-3-5-20-15)18(21-16)24-10-13-9-19-6-7-23-13/h3-5,8,13,19H,6-7,9-10H2,1-2H3/t13-/m0/s1. The quantitative estimate of drug-likeness (QED) is 0.780. The molecule has 3 aromatic heterocycles. The molecule has 7 heteroatoms. The van der Waals surface area contributed by atoms with Crippen molar-refractivity contribution in [3.63, 3.8) is 0 Å². The fourth-order valence-corrected chi connectivity index (χ4v) is 3.03. The van der Waals surface area contributed by atoms with Gasteiger partial charge < -0.3 is 19.3 Å². The maximum atomic E-state index is 6.01. The number of pyridine rings is 2. The molecule has 0 amide bonds. The van der Waals surface area contributed by atoms with E-state index in [0.29, 0.717) is 19.1 Å². The van der Waals surface area contributed by atoms with Crippen molar-refractivity contribution >= 4 is 10.9 Å². The lowest BCUT2D eigenvalue weighted by molar-refractivity contribution is -0.000366. The second kappa shape index (κ2) is 6.78. The van der Waals surface area contributed by atoms with Crippen LogP contribution in [0, 0.1) is 13.8 Å². The second-order valence-electron chi connectivity index (χ2n) is 6.09. The summed E-state index contributed by atoms with van der Waals surface area (Å²) in [5.74, 6) is 1.28. The first-order valence-corrected chi connectivity index (χ1v) is 8.36. The number of fused-ring (bicyclic) bond motifs is 1. The van der Waals surface area contributed by atoms with Crippen LogP contribution in [0.15, 0.2) is 28.9 Å². The number of rotatable bonds is 4. The van der Waals surface area contributed by atoms with Crippen LogP contribution in [0.5, 0.6) is 5.88 Å². The van der Waals surface area contributed by atoms with E-state index in [1.807, 2.05) is 32.0 Å². The number of aromatic nitrogens is 3. The van der Waals surface area contributed by atoms with Crippen LogP contribution in [0.1, 0.15) is 11.5 Å². The minimum Gasteiger partial charge on any atom is -0.474 e. The fraction of sp³-hybridized carbons (Fsp3) is 0.389. The van der Waals surface area contributed by atoms with Gasteiger partial charge in [0.05, 0.1) is 34.5 Å². The van der Waals surface area contributed by atoms with Crippen LogP contribution in [0.2, 0.25) is 0 Å². The van der Waals surface area contributed by atoms with Gasteiger partial charge in [0.25, 0.3) is 0 Å². The lowest BCUT2D eigenvalue weighted by Gasteiger charge is -2.23. The summed E-state index contributed by atoms with van der Waals surface area (Å²) in [5.41, 5.74) is 3.25. The van der Waals surface area contributed by atoms with Gasteiger partial charge in [0, 0.05) is 19.3 Å². The molecule has 0 aromatic carbocycles. The first-order valence-electron chi connectivity index (χ1n) is 8.36. The molecule has 0 bridgehead atoms. The predicted molar refractivity (Wildman–Crippen MR) is 92.6 cm³/mol. The molecule has 7 nitrogen and oxygen atoms in total. The number of hydrogen-bond donors (Lipinski definition) is 1. The molecule has 0 spiro atoms. The number of nitrogens with zero attached hydrogens (tertiary/aromatic N) is 3. The van der Waals surface area contributed by atoms with Crippen LogP contribution in [0.3, 0.4) is 0 Å². The topological polar surface area (TPSA) is 82.3 Å². The average molecular weight is 340 g/mol. The molecule has 3 aromatic rings. The number of hydrogen-bond acceptors (Lipinski definition) is 7. The van der Waals surface area contributed by atoms with Crippen LogP contribution in [0.25, 0.3) is 22.2 Å². The van der Waals surface area contributed by atoms with E-state index in [2.05, 4.69) is 15.5 Å². The van der Waals surface area contributed by atoms with E-state index in [1.54, 1.807) is 6.20 Å². The van der Waals surface area contributed by atoms with E-state index in [0.717, 1.165) is 46.7 Å². The third-order valence-electron chi connectivity index (χ3n) is 4.26. The van der Waals surface area contributed by atoms with Gasteiger partial charge in [-0.15, -0.1) is 0 Å². The van der Waals surface area contributed by atoms with Crippen molar-refractivity contribution < 1.29 is 14.0 Å². The van der Waals surface area contributed by atoms with Crippen molar-refractivity contribution in [2.45, 2.75) is 20.0 Å². The van der Waals surface area contributed by atoms with Gasteiger partial charge in [-0.25, -0.2) is 4.98 Å². The Morgan fingerprint density at radius 2 is 2.28 bits per heavy atom. The summed E-state index contributed by atoms with van der Waals surface area (Å²) in [7, 11) is 0. The molecule has 4 rings (SSSR count). The SMILES string of the molecule is Cc1noc(C)c1-c1cc2ncccc2c(OC[C@@H]2CNCCO2)n1. The zero-order valence-corrected chi connectivity index (χ0v) is 14.3. The first kappa shape index (κ1) is 16.0. The molecule has 1 atom stereocenters. The molecule has 0 aliphatic carbocycles. The summed E-state index contributed by atoms with van der Waals surface area (Å²) in [6.45, 7) is 6.57. The van der Waals surface area contributed by atoms with Crippen molar-refractivity contribution in [2.75, 3.05) is 26.3 Å². The van der Waals surface area contributed by atoms with E-state index in [9.17, 15) is 0 Å². The Morgan fingerprint density at radius 3 is 3.04 bits per heavy atom. The van der Waals surface area contributed by atoms with Crippen LogP contribution in [-0.4, -0.2) is 47.5 Å². The number of ether oxygens (including phenoxy) is 2. The zero-order valence-electron chi connectivity index (χ0n) is 14.3. The van der Waals surface area contributed by atoms with Gasteiger partial charge in [-0.1, -0.05) is 5.16 Å². The third kappa shape index (κ3) is 3.20. The molecule has 1 saturated heterocycles. The van der Waals surface area contributed by atoms with Gasteiger partial charge in [-0.3, -0.25) is 4.98 Å². The molecule has 25 heavy (non-hydrogen) atoms. The summed E-state index contributed by atoms with van der Waals surface area (Å²) < 4.78 is 17.0. The summed E-state index contributed by atoms with van der Waals surface area (Å²) in [4.78, 5) is 9.16. The Kier molecular flexibility index (Phi) is 4.33. The molecular weight excluding hydrogens is 320 g/mol. The number of nitrogens with one attached hydrogen (secondary N) is 1. The van der Waals surface area contributed by atoms with Crippen molar-refractivity contribution in [3.05, 3.63) is 35.9 Å². The van der Waals surface area contributed by atoms with E-state index in [4.69, 9.17) is 19.0 Å². The predicted octanol–water partition coefficient (Wildman–Crippen LogP) is 2.27. The molecule has 4 heterocycles. The molecule has 0 saturated carbocycles.